The van der Waals surface area contributed by atoms with Crippen LogP contribution in [0.4, 0.5) is 5.69 Å². The van der Waals surface area contributed by atoms with E-state index in [-0.39, 0.29) is 4.90 Å². The van der Waals surface area contributed by atoms with Crippen molar-refractivity contribution in [1.82, 2.24) is 9.78 Å². The highest BCUT2D eigenvalue weighted by atomic mass is 35.5. The van der Waals surface area contributed by atoms with Gasteiger partial charge in [-0.25, -0.2) is 13.1 Å². The van der Waals surface area contributed by atoms with Crippen LogP contribution in [-0.4, -0.2) is 18.2 Å². The molecule has 0 atom stereocenters. The third kappa shape index (κ3) is 3.29. The highest BCUT2D eigenvalue weighted by Gasteiger charge is 2.17. The second-order valence-corrected chi connectivity index (χ2v) is 7.54. The Hall–Kier alpha value is -2.31. The minimum atomic E-state index is -3.69. The summed E-state index contributed by atoms with van der Waals surface area (Å²) in [7, 11) is -3.69. The quantitative estimate of drug-likeness (QED) is 0.765. The Labute approximate surface area is 145 Å². The van der Waals surface area contributed by atoms with Crippen molar-refractivity contribution < 1.29 is 8.42 Å². The van der Waals surface area contributed by atoms with Gasteiger partial charge in [-0.05, 0) is 61.9 Å². The largest absolute Gasteiger partial charge is 0.280 e. The minimum Gasteiger partial charge on any atom is -0.280 e. The van der Waals surface area contributed by atoms with Crippen molar-refractivity contribution in [3.8, 4) is 5.69 Å². The van der Waals surface area contributed by atoms with Gasteiger partial charge in [-0.3, -0.25) is 4.72 Å². The van der Waals surface area contributed by atoms with Gasteiger partial charge < -0.3 is 0 Å². The Morgan fingerprint density at radius 1 is 1.08 bits per heavy atom. The van der Waals surface area contributed by atoms with Gasteiger partial charge in [-0.2, -0.15) is 5.10 Å². The zero-order chi connectivity index (χ0) is 17.3. The molecule has 1 heterocycles. The van der Waals surface area contributed by atoms with Crippen LogP contribution in [0.5, 0.6) is 0 Å². The summed E-state index contributed by atoms with van der Waals surface area (Å²) in [5.41, 5.74) is 2.81. The fourth-order valence-corrected chi connectivity index (χ4v) is 3.97. The highest BCUT2D eigenvalue weighted by Crippen LogP contribution is 2.23. The molecular weight excluding hydrogens is 346 g/mol. The van der Waals surface area contributed by atoms with E-state index >= 15 is 0 Å². The molecule has 5 nitrogen and oxygen atoms in total. The number of sulfonamides is 1. The third-order valence-electron chi connectivity index (χ3n) is 3.60. The number of rotatable bonds is 4. The first-order valence-electron chi connectivity index (χ1n) is 7.27. The molecule has 0 saturated heterocycles. The fraction of sp³-hybridized carbons (Fsp3) is 0.118. The van der Waals surface area contributed by atoms with Gasteiger partial charge in [-0.1, -0.05) is 17.7 Å². The van der Waals surface area contributed by atoms with Crippen LogP contribution in [0.15, 0.2) is 59.6 Å². The number of aryl methyl sites for hydroxylation is 2. The molecule has 1 N–H and O–H groups in total. The predicted octanol–water partition coefficient (Wildman–Crippen LogP) is 3.94. The van der Waals surface area contributed by atoms with E-state index in [1.165, 1.54) is 6.07 Å². The zero-order valence-corrected chi connectivity index (χ0v) is 14.8. The van der Waals surface area contributed by atoms with Gasteiger partial charge in [0.1, 0.15) is 0 Å². The lowest BCUT2D eigenvalue weighted by molar-refractivity contribution is 0.600. The lowest BCUT2D eigenvalue weighted by atomic mass is 10.2. The van der Waals surface area contributed by atoms with Crippen molar-refractivity contribution in [2.45, 2.75) is 18.7 Å². The molecule has 3 rings (SSSR count). The van der Waals surface area contributed by atoms with E-state index in [9.17, 15) is 8.42 Å². The summed E-state index contributed by atoms with van der Waals surface area (Å²) in [6.07, 6.45) is 1.70. The van der Waals surface area contributed by atoms with Crippen LogP contribution in [0.3, 0.4) is 0 Å². The number of hydrogen-bond donors (Lipinski definition) is 1. The first-order chi connectivity index (χ1) is 11.4. The second kappa shape index (κ2) is 6.30. The van der Waals surface area contributed by atoms with E-state index in [0.29, 0.717) is 16.3 Å². The van der Waals surface area contributed by atoms with E-state index in [4.69, 9.17) is 11.6 Å². The van der Waals surface area contributed by atoms with Crippen LogP contribution >= 0.6 is 11.6 Å². The Morgan fingerprint density at radius 3 is 2.54 bits per heavy atom. The SMILES string of the molecule is Cc1cc(Cl)ccc1S(=O)(=O)Nc1cccc(-n2nccc2C)c1. The lowest BCUT2D eigenvalue weighted by Crippen LogP contribution is -2.14. The van der Waals surface area contributed by atoms with Crippen molar-refractivity contribution in [2.24, 2.45) is 0 Å². The van der Waals surface area contributed by atoms with E-state index in [1.807, 2.05) is 19.1 Å². The van der Waals surface area contributed by atoms with Crippen LogP contribution in [0.1, 0.15) is 11.3 Å². The molecule has 0 aliphatic carbocycles. The number of nitrogens with one attached hydrogen (secondary N) is 1. The van der Waals surface area contributed by atoms with Gasteiger partial charge in [-0.15, -0.1) is 0 Å². The van der Waals surface area contributed by atoms with E-state index in [1.54, 1.807) is 48.1 Å². The molecule has 0 aliphatic heterocycles. The molecule has 0 amide bonds. The number of nitrogens with zero attached hydrogens (tertiary/aromatic N) is 2. The molecule has 24 heavy (non-hydrogen) atoms. The van der Waals surface area contributed by atoms with Crippen molar-refractivity contribution in [3.05, 3.63) is 71.0 Å². The topological polar surface area (TPSA) is 64.0 Å². The van der Waals surface area contributed by atoms with Crippen molar-refractivity contribution in [1.29, 1.82) is 0 Å². The summed E-state index contributed by atoms with van der Waals surface area (Å²) < 4.78 is 29.6. The number of benzene rings is 2. The third-order valence-corrected chi connectivity index (χ3v) is 5.38. The van der Waals surface area contributed by atoms with E-state index in [0.717, 1.165) is 11.4 Å². The molecule has 124 valence electrons. The molecule has 7 heteroatoms. The Kier molecular flexibility index (Phi) is 4.34. The van der Waals surface area contributed by atoms with Gasteiger partial charge in [0.05, 0.1) is 16.3 Å². The van der Waals surface area contributed by atoms with Crippen molar-refractivity contribution in [2.75, 3.05) is 4.72 Å². The van der Waals surface area contributed by atoms with Crippen LogP contribution < -0.4 is 4.72 Å². The Morgan fingerprint density at radius 2 is 1.88 bits per heavy atom. The lowest BCUT2D eigenvalue weighted by Gasteiger charge is -2.12. The minimum absolute atomic E-state index is 0.201. The predicted molar refractivity (Wildman–Crippen MR) is 95.3 cm³/mol. The monoisotopic (exact) mass is 361 g/mol. The number of anilines is 1. The van der Waals surface area contributed by atoms with E-state index in [2.05, 4.69) is 9.82 Å². The zero-order valence-electron chi connectivity index (χ0n) is 13.2. The number of hydrogen-bond acceptors (Lipinski definition) is 3. The first kappa shape index (κ1) is 16.5. The maximum absolute atomic E-state index is 12.6. The molecule has 0 radical (unpaired) electrons. The summed E-state index contributed by atoms with van der Waals surface area (Å²) in [6.45, 7) is 3.64. The second-order valence-electron chi connectivity index (χ2n) is 5.45. The molecule has 0 aliphatic rings. The number of halogens is 1. The van der Waals surface area contributed by atoms with Gasteiger partial charge in [0.15, 0.2) is 0 Å². The molecule has 3 aromatic rings. The molecular formula is C17H16ClN3O2S. The van der Waals surface area contributed by atoms with Gasteiger partial charge in [0, 0.05) is 16.9 Å². The van der Waals surface area contributed by atoms with Gasteiger partial charge in [0.2, 0.25) is 0 Å². The normalized spacial score (nSPS) is 11.5. The molecule has 0 fully saturated rings. The maximum Gasteiger partial charge on any atom is 0.262 e. The fourth-order valence-electron chi connectivity index (χ4n) is 2.47. The smallest absolute Gasteiger partial charge is 0.262 e. The molecule has 0 saturated carbocycles. The van der Waals surface area contributed by atoms with Gasteiger partial charge in [0.25, 0.3) is 10.0 Å². The summed E-state index contributed by atoms with van der Waals surface area (Å²) >= 11 is 5.89. The average Bonchev–Trinajstić information content (AvgIpc) is 2.92. The van der Waals surface area contributed by atoms with Crippen molar-refractivity contribution >= 4 is 27.3 Å². The standard InChI is InChI=1S/C17H16ClN3O2S/c1-12-10-14(18)6-7-17(12)24(22,23)20-15-4-3-5-16(11-15)21-13(2)8-9-19-21/h3-11,20H,1-2H3. The van der Waals surface area contributed by atoms with E-state index < -0.39 is 10.0 Å². The van der Waals surface area contributed by atoms with Crippen molar-refractivity contribution in [3.63, 3.8) is 0 Å². The number of aromatic nitrogens is 2. The molecule has 2 aromatic carbocycles. The molecule has 0 bridgehead atoms. The molecule has 0 spiro atoms. The van der Waals surface area contributed by atoms with Gasteiger partial charge >= 0.3 is 0 Å². The van der Waals surface area contributed by atoms with Crippen LogP contribution in [0.2, 0.25) is 5.02 Å². The maximum atomic E-state index is 12.6. The highest BCUT2D eigenvalue weighted by molar-refractivity contribution is 7.92. The van der Waals surface area contributed by atoms with Crippen LogP contribution in [-0.2, 0) is 10.0 Å². The molecule has 0 unspecified atom stereocenters. The Bertz CT molecular complexity index is 997. The first-order valence-corrected chi connectivity index (χ1v) is 9.13. The summed E-state index contributed by atoms with van der Waals surface area (Å²) in [5, 5.41) is 4.73. The summed E-state index contributed by atoms with van der Waals surface area (Å²) in [5.74, 6) is 0. The Balaban J connectivity index is 1.95. The van der Waals surface area contributed by atoms with Crippen LogP contribution in [0, 0.1) is 13.8 Å². The van der Waals surface area contributed by atoms with Crippen LogP contribution in [0.25, 0.3) is 5.69 Å². The summed E-state index contributed by atoms with van der Waals surface area (Å²) in [4.78, 5) is 0.201. The summed E-state index contributed by atoms with van der Waals surface area (Å²) in [6, 6.07) is 13.7. The molecule has 1 aromatic heterocycles. The average molecular weight is 362 g/mol.